The fourth-order valence-corrected chi connectivity index (χ4v) is 1.67. The smallest absolute Gasteiger partial charge is 0.408 e. The van der Waals surface area contributed by atoms with E-state index in [1.807, 2.05) is 32.0 Å². The van der Waals surface area contributed by atoms with Crippen LogP contribution in [0.5, 0.6) is 0 Å². The van der Waals surface area contributed by atoms with Gasteiger partial charge in [0, 0.05) is 12.6 Å². The molecule has 15 heavy (non-hydrogen) atoms. The van der Waals surface area contributed by atoms with E-state index in [0.29, 0.717) is 12.1 Å². The Balaban J connectivity index is 2.70. The number of aromatic nitrogens is 1. The van der Waals surface area contributed by atoms with E-state index in [9.17, 15) is 4.79 Å². The summed E-state index contributed by atoms with van der Waals surface area (Å²) in [6.07, 6.45) is 0. The normalized spacial score (nSPS) is 13.3. The van der Waals surface area contributed by atoms with Crippen molar-refractivity contribution in [2.75, 3.05) is 0 Å². The lowest BCUT2D eigenvalue weighted by molar-refractivity contribution is 0.513. The zero-order valence-electron chi connectivity index (χ0n) is 8.86. The molecule has 2 rings (SSSR count). The maximum Gasteiger partial charge on any atom is 0.419 e. The van der Waals surface area contributed by atoms with E-state index in [0.717, 1.165) is 11.1 Å². The molecule has 4 nitrogen and oxygen atoms in total. The number of hydrogen-bond donors (Lipinski definition) is 1. The SMILES string of the molecule is CCn1c(=O)oc2cc([C@@H](C)N)ccc21. The second-order valence-electron chi connectivity index (χ2n) is 3.63. The molecule has 0 radical (unpaired) electrons. The van der Waals surface area contributed by atoms with Gasteiger partial charge in [0.2, 0.25) is 0 Å². The van der Waals surface area contributed by atoms with Gasteiger partial charge in [-0.2, -0.15) is 0 Å². The Morgan fingerprint density at radius 3 is 2.87 bits per heavy atom. The van der Waals surface area contributed by atoms with Gasteiger partial charge in [-0.15, -0.1) is 0 Å². The monoisotopic (exact) mass is 206 g/mol. The van der Waals surface area contributed by atoms with Gasteiger partial charge < -0.3 is 10.2 Å². The van der Waals surface area contributed by atoms with Gasteiger partial charge in [-0.05, 0) is 31.5 Å². The molecule has 1 aromatic carbocycles. The molecule has 0 saturated heterocycles. The molecule has 4 heteroatoms. The third-order valence-corrected chi connectivity index (χ3v) is 2.53. The highest BCUT2D eigenvalue weighted by molar-refractivity contribution is 5.73. The summed E-state index contributed by atoms with van der Waals surface area (Å²) in [6.45, 7) is 4.43. The fourth-order valence-electron chi connectivity index (χ4n) is 1.67. The minimum atomic E-state index is -0.311. The Kier molecular flexibility index (Phi) is 2.36. The third-order valence-electron chi connectivity index (χ3n) is 2.53. The number of rotatable bonds is 2. The lowest BCUT2D eigenvalue weighted by Gasteiger charge is -2.04. The number of fused-ring (bicyclic) bond motifs is 1. The molecule has 0 aliphatic carbocycles. The van der Waals surface area contributed by atoms with Crippen LogP contribution in [-0.4, -0.2) is 4.57 Å². The number of oxazole rings is 1. The van der Waals surface area contributed by atoms with Crippen LogP contribution in [0.25, 0.3) is 11.1 Å². The van der Waals surface area contributed by atoms with Crippen molar-refractivity contribution in [1.29, 1.82) is 0 Å². The van der Waals surface area contributed by atoms with Gasteiger partial charge in [0.25, 0.3) is 0 Å². The number of nitrogens with two attached hydrogens (primary N) is 1. The molecule has 0 aliphatic rings. The van der Waals surface area contributed by atoms with Crippen molar-refractivity contribution in [2.24, 2.45) is 5.73 Å². The van der Waals surface area contributed by atoms with Gasteiger partial charge in [-0.1, -0.05) is 6.07 Å². The molecule has 0 amide bonds. The summed E-state index contributed by atoms with van der Waals surface area (Å²) in [7, 11) is 0. The predicted molar refractivity (Wildman–Crippen MR) is 58.8 cm³/mol. The van der Waals surface area contributed by atoms with E-state index in [1.165, 1.54) is 0 Å². The van der Waals surface area contributed by atoms with Crippen LogP contribution in [0.2, 0.25) is 0 Å². The van der Waals surface area contributed by atoms with Gasteiger partial charge in [0.1, 0.15) is 0 Å². The summed E-state index contributed by atoms with van der Waals surface area (Å²) in [4.78, 5) is 11.4. The highest BCUT2D eigenvalue weighted by atomic mass is 16.4. The number of aryl methyl sites for hydroxylation is 1. The third kappa shape index (κ3) is 1.57. The Morgan fingerprint density at radius 2 is 2.27 bits per heavy atom. The molecular formula is C11H14N2O2. The van der Waals surface area contributed by atoms with Crippen LogP contribution < -0.4 is 11.5 Å². The van der Waals surface area contributed by atoms with Crippen LogP contribution >= 0.6 is 0 Å². The molecule has 0 spiro atoms. The summed E-state index contributed by atoms with van der Waals surface area (Å²) >= 11 is 0. The minimum absolute atomic E-state index is 0.0512. The second-order valence-corrected chi connectivity index (χ2v) is 3.63. The topological polar surface area (TPSA) is 61.2 Å². The van der Waals surface area contributed by atoms with Crippen LogP contribution in [0.1, 0.15) is 25.5 Å². The Bertz CT molecular complexity index is 537. The van der Waals surface area contributed by atoms with Crippen molar-refractivity contribution in [3.05, 3.63) is 34.3 Å². The van der Waals surface area contributed by atoms with Crippen LogP contribution in [0, 0.1) is 0 Å². The molecule has 0 bridgehead atoms. The van der Waals surface area contributed by atoms with Gasteiger partial charge in [0.05, 0.1) is 5.52 Å². The largest absolute Gasteiger partial charge is 0.419 e. The summed E-state index contributed by atoms with van der Waals surface area (Å²) < 4.78 is 6.73. The van der Waals surface area contributed by atoms with E-state index in [4.69, 9.17) is 10.2 Å². The van der Waals surface area contributed by atoms with E-state index >= 15 is 0 Å². The van der Waals surface area contributed by atoms with Crippen molar-refractivity contribution in [3.63, 3.8) is 0 Å². The zero-order chi connectivity index (χ0) is 11.0. The van der Waals surface area contributed by atoms with Crippen LogP contribution in [-0.2, 0) is 6.54 Å². The molecular weight excluding hydrogens is 192 g/mol. The zero-order valence-corrected chi connectivity index (χ0v) is 8.86. The van der Waals surface area contributed by atoms with Gasteiger partial charge in [0.15, 0.2) is 5.58 Å². The van der Waals surface area contributed by atoms with Gasteiger partial charge in [-0.25, -0.2) is 4.79 Å². The molecule has 0 fully saturated rings. The number of nitrogens with zero attached hydrogens (tertiary/aromatic N) is 1. The second kappa shape index (κ2) is 3.55. The summed E-state index contributed by atoms with van der Waals surface area (Å²) in [6, 6.07) is 5.58. The highest BCUT2D eigenvalue weighted by Crippen LogP contribution is 2.18. The van der Waals surface area contributed by atoms with Crippen molar-refractivity contribution < 1.29 is 4.42 Å². The molecule has 1 heterocycles. The first-order chi connectivity index (χ1) is 7.13. The number of benzene rings is 1. The van der Waals surface area contributed by atoms with Crippen LogP contribution in [0.4, 0.5) is 0 Å². The van der Waals surface area contributed by atoms with Crippen molar-refractivity contribution in [2.45, 2.75) is 26.4 Å². The highest BCUT2D eigenvalue weighted by Gasteiger charge is 2.09. The lowest BCUT2D eigenvalue weighted by Crippen LogP contribution is -2.12. The van der Waals surface area contributed by atoms with E-state index in [1.54, 1.807) is 4.57 Å². The molecule has 1 atom stereocenters. The minimum Gasteiger partial charge on any atom is -0.408 e. The van der Waals surface area contributed by atoms with E-state index < -0.39 is 0 Å². The maximum absolute atomic E-state index is 11.4. The molecule has 80 valence electrons. The van der Waals surface area contributed by atoms with Crippen molar-refractivity contribution in [1.82, 2.24) is 4.57 Å². The Hall–Kier alpha value is -1.55. The van der Waals surface area contributed by atoms with Gasteiger partial charge >= 0.3 is 5.76 Å². The van der Waals surface area contributed by atoms with Crippen molar-refractivity contribution in [3.8, 4) is 0 Å². The average molecular weight is 206 g/mol. The predicted octanol–water partition coefficient (Wildman–Crippen LogP) is 1.63. The Morgan fingerprint density at radius 1 is 1.53 bits per heavy atom. The first-order valence-corrected chi connectivity index (χ1v) is 5.02. The van der Waals surface area contributed by atoms with E-state index in [2.05, 4.69) is 0 Å². The first kappa shape index (κ1) is 9.98. The summed E-state index contributed by atoms with van der Waals surface area (Å²) in [5, 5.41) is 0. The van der Waals surface area contributed by atoms with Gasteiger partial charge in [-0.3, -0.25) is 4.57 Å². The maximum atomic E-state index is 11.4. The number of hydrogen-bond acceptors (Lipinski definition) is 3. The average Bonchev–Trinajstić information content (AvgIpc) is 2.51. The van der Waals surface area contributed by atoms with E-state index in [-0.39, 0.29) is 11.8 Å². The first-order valence-electron chi connectivity index (χ1n) is 5.02. The molecule has 0 aliphatic heterocycles. The Labute approximate surface area is 87.3 Å². The summed E-state index contributed by atoms with van der Waals surface area (Å²) in [5.41, 5.74) is 8.16. The fraction of sp³-hybridized carbons (Fsp3) is 0.364. The van der Waals surface area contributed by atoms with Crippen molar-refractivity contribution >= 4 is 11.1 Å². The molecule has 1 aromatic heterocycles. The summed E-state index contributed by atoms with van der Waals surface area (Å²) in [5.74, 6) is -0.311. The molecule has 0 unspecified atom stereocenters. The lowest BCUT2D eigenvalue weighted by atomic mass is 10.1. The molecule has 0 saturated carbocycles. The molecule has 2 N–H and O–H groups in total. The van der Waals surface area contributed by atoms with Crippen LogP contribution in [0.3, 0.4) is 0 Å². The quantitative estimate of drug-likeness (QED) is 0.812. The van der Waals surface area contributed by atoms with Crippen LogP contribution in [0.15, 0.2) is 27.4 Å². The molecule has 2 aromatic rings. The standard InChI is InChI=1S/C11H14N2O2/c1-3-13-9-5-4-8(7(2)12)6-10(9)15-11(13)14/h4-7H,3,12H2,1-2H3/t7-/m1/s1.